The first-order valence-corrected chi connectivity index (χ1v) is 7.38. The minimum atomic E-state index is -0.331. The largest absolute Gasteiger partial charge is 0.313 e. The minimum absolute atomic E-state index is 0.175. The third kappa shape index (κ3) is 4.28. The number of nitro benzene ring substituents is 1. The predicted octanol–water partition coefficient (Wildman–Crippen LogP) is 2.56. The van der Waals surface area contributed by atoms with Crippen LogP contribution in [-0.2, 0) is 6.54 Å². The monoisotopic (exact) mass is 277 g/mol. The summed E-state index contributed by atoms with van der Waals surface area (Å²) < 4.78 is 0. The van der Waals surface area contributed by atoms with E-state index in [0.29, 0.717) is 6.04 Å². The molecule has 1 aromatic carbocycles. The summed E-state index contributed by atoms with van der Waals surface area (Å²) in [4.78, 5) is 12.8. The number of nitrogens with one attached hydrogen (secondary N) is 1. The zero-order chi connectivity index (χ0) is 14.4. The lowest BCUT2D eigenvalue weighted by Gasteiger charge is -2.29. The van der Waals surface area contributed by atoms with Crippen LogP contribution in [0.1, 0.15) is 31.7 Å². The summed E-state index contributed by atoms with van der Waals surface area (Å²) in [5.41, 5.74) is 1.19. The number of nitro groups is 1. The molecule has 1 aliphatic heterocycles. The van der Waals surface area contributed by atoms with E-state index in [1.54, 1.807) is 18.2 Å². The molecule has 1 unspecified atom stereocenters. The van der Waals surface area contributed by atoms with Crippen molar-refractivity contribution < 1.29 is 4.92 Å². The summed E-state index contributed by atoms with van der Waals surface area (Å²) in [7, 11) is 0. The summed E-state index contributed by atoms with van der Waals surface area (Å²) in [6.45, 7) is 6.00. The first kappa shape index (κ1) is 14.9. The number of likely N-dealkylation sites (N-methyl/N-ethyl adjacent to an activating group) is 1. The maximum absolute atomic E-state index is 10.8. The zero-order valence-electron chi connectivity index (χ0n) is 12.0. The van der Waals surface area contributed by atoms with Crippen LogP contribution in [0.25, 0.3) is 0 Å². The molecule has 1 atom stereocenters. The quantitative estimate of drug-likeness (QED) is 0.641. The Bertz CT molecular complexity index is 444. The second kappa shape index (κ2) is 7.36. The molecule has 5 heteroatoms. The second-order valence-electron chi connectivity index (χ2n) is 5.40. The minimum Gasteiger partial charge on any atom is -0.313 e. The second-order valence-corrected chi connectivity index (χ2v) is 5.40. The van der Waals surface area contributed by atoms with Crippen molar-refractivity contribution in [2.45, 2.75) is 38.8 Å². The summed E-state index contributed by atoms with van der Waals surface area (Å²) in [5.74, 6) is 0. The van der Waals surface area contributed by atoms with E-state index in [1.807, 2.05) is 6.07 Å². The van der Waals surface area contributed by atoms with Gasteiger partial charge >= 0.3 is 0 Å². The van der Waals surface area contributed by atoms with Gasteiger partial charge in [-0.2, -0.15) is 0 Å². The van der Waals surface area contributed by atoms with Gasteiger partial charge in [0.15, 0.2) is 0 Å². The molecule has 5 nitrogen and oxygen atoms in total. The molecular weight excluding hydrogens is 254 g/mol. The Morgan fingerprint density at radius 1 is 1.45 bits per heavy atom. The van der Waals surface area contributed by atoms with Crippen molar-refractivity contribution in [2.24, 2.45) is 0 Å². The maximum Gasteiger partial charge on any atom is 0.269 e. The van der Waals surface area contributed by atoms with Crippen LogP contribution in [0.4, 0.5) is 5.69 Å². The van der Waals surface area contributed by atoms with Crippen LogP contribution in [0.5, 0.6) is 0 Å². The van der Waals surface area contributed by atoms with Gasteiger partial charge in [0.2, 0.25) is 0 Å². The molecule has 1 aromatic rings. The maximum atomic E-state index is 10.8. The van der Waals surface area contributed by atoms with Crippen LogP contribution in [0.15, 0.2) is 24.3 Å². The van der Waals surface area contributed by atoms with Crippen molar-refractivity contribution in [1.82, 2.24) is 10.2 Å². The van der Waals surface area contributed by atoms with E-state index in [9.17, 15) is 10.1 Å². The van der Waals surface area contributed by atoms with Crippen molar-refractivity contribution >= 4 is 5.69 Å². The van der Waals surface area contributed by atoms with Gasteiger partial charge in [0, 0.05) is 31.3 Å². The highest BCUT2D eigenvalue weighted by Crippen LogP contribution is 2.16. The Hall–Kier alpha value is -1.46. The topological polar surface area (TPSA) is 58.4 Å². The number of rotatable bonds is 6. The van der Waals surface area contributed by atoms with Gasteiger partial charge in [-0.25, -0.2) is 0 Å². The van der Waals surface area contributed by atoms with Gasteiger partial charge in [-0.1, -0.05) is 25.5 Å². The third-order valence-electron chi connectivity index (χ3n) is 3.87. The number of benzene rings is 1. The van der Waals surface area contributed by atoms with Gasteiger partial charge in [0.05, 0.1) is 4.92 Å². The van der Waals surface area contributed by atoms with Gasteiger partial charge in [0.1, 0.15) is 0 Å². The lowest BCUT2D eigenvalue weighted by atomic mass is 10.0. The Labute approximate surface area is 120 Å². The average molecular weight is 277 g/mol. The zero-order valence-corrected chi connectivity index (χ0v) is 12.0. The fourth-order valence-electron chi connectivity index (χ4n) is 2.72. The molecule has 0 radical (unpaired) electrons. The molecule has 0 spiro atoms. The van der Waals surface area contributed by atoms with E-state index in [-0.39, 0.29) is 10.6 Å². The Kier molecular flexibility index (Phi) is 5.49. The molecule has 1 saturated heterocycles. The third-order valence-corrected chi connectivity index (χ3v) is 3.87. The molecule has 1 aliphatic rings. The number of hydrogen-bond acceptors (Lipinski definition) is 4. The highest BCUT2D eigenvalue weighted by Gasteiger charge is 2.16. The molecule has 0 bridgehead atoms. The molecule has 0 saturated carbocycles. The van der Waals surface area contributed by atoms with E-state index >= 15 is 0 Å². The summed E-state index contributed by atoms with van der Waals surface area (Å²) in [6.07, 6.45) is 3.80. The van der Waals surface area contributed by atoms with Crippen LogP contribution in [-0.4, -0.2) is 35.5 Å². The molecule has 110 valence electrons. The lowest BCUT2D eigenvalue weighted by Crippen LogP contribution is -2.43. The number of hydrogen-bond donors (Lipinski definition) is 1. The van der Waals surface area contributed by atoms with Crippen LogP contribution in [0.2, 0.25) is 0 Å². The van der Waals surface area contributed by atoms with Crippen LogP contribution >= 0.6 is 0 Å². The summed E-state index contributed by atoms with van der Waals surface area (Å²) in [5, 5.41) is 14.4. The standard InChI is InChI=1S/C15H23N3O2/c1-2-17(12-14-7-3-4-9-16-14)11-13-6-5-8-15(10-13)18(19)20/h5-6,8,10,14,16H,2-4,7,9,11-12H2,1H3. The Morgan fingerprint density at radius 3 is 2.95 bits per heavy atom. The number of piperidine rings is 1. The molecule has 0 amide bonds. The van der Waals surface area contributed by atoms with Gasteiger partial charge < -0.3 is 5.32 Å². The average Bonchev–Trinajstić information content (AvgIpc) is 2.48. The van der Waals surface area contributed by atoms with Crippen LogP contribution in [0, 0.1) is 10.1 Å². The molecular formula is C15H23N3O2. The fraction of sp³-hybridized carbons (Fsp3) is 0.600. The van der Waals surface area contributed by atoms with Gasteiger partial charge in [0.25, 0.3) is 5.69 Å². The first-order chi connectivity index (χ1) is 9.69. The first-order valence-electron chi connectivity index (χ1n) is 7.38. The summed E-state index contributed by atoms with van der Waals surface area (Å²) in [6, 6.07) is 7.51. The molecule has 1 N–H and O–H groups in total. The van der Waals surface area contributed by atoms with E-state index in [2.05, 4.69) is 17.1 Å². The van der Waals surface area contributed by atoms with Crippen LogP contribution in [0.3, 0.4) is 0 Å². The molecule has 0 aliphatic carbocycles. The van der Waals surface area contributed by atoms with Crippen molar-refractivity contribution in [3.63, 3.8) is 0 Å². The Morgan fingerprint density at radius 2 is 2.30 bits per heavy atom. The van der Waals surface area contributed by atoms with E-state index in [1.165, 1.54) is 19.3 Å². The molecule has 1 heterocycles. The van der Waals surface area contributed by atoms with Gasteiger partial charge in [-0.15, -0.1) is 0 Å². The van der Waals surface area contributed by atoms with Crippen molar-refractivity contribution in [3.05, 3.63) is 39.9 Å². The molecule has 1 fully saturated rings. The highest BCUT2D eigenvalue weighted by molar-refractivity contribution is 5.34. The normalized spacial score (nSPS) is 19.2. The number of nitrogens with zero attached hydrogens (tertiary/aromatic N) is 2. The van der Waals surface area contributed by atoms with Gasteiger partial charge in [-0.05, 0) is 31.5 Å². The van der Waals surface area contributed by atoms with Crippen molar-refractivity contribution in [2.75, 3.05) is 19.6 Å². The smallest absolute Gasteiger partial charge is 0.269 e. The van der Waals surface area contributed by atoms with Crippen molar-refractivity contribution in [1.29, 1.82) is 0 Å². The van der Waals surface area contributed by atoms with Crippen LogP contribution < -0.4 is 5.32 Å². The fourth-order valence-corrected chi connectivity index (χ4v) is 2.72. The lowest BCUT2D eigenvalue weighted by molar-refractivity contribution is -0.384. The van der Waals surface area contributed by atoms with Gasteiger partial charge in [-0.3, -0.25) is 15.0 Å². The van der Waals surface area contributed by atoms with E-state index in [4.69, 9.17) is 0 Å². The Balaban J connectivity index is 1.94. The molecule has 0 aromatic heterocycles. The molecule has 20 heavy (non-hydrogen) atoms. The van der Waals surface area contributed by atoms with E-state index < -0.39 is 0 Å². The number of non-ortho nitro benzene ring substituents is 1. The highest BCUT2D eigenvalue weighted by atomic mass is 16.6. The summed E-state index contributed by atoms with van der Waals surface area (Å²) >= 11 is 0. The van der Waals surface area contributed by atoms with E-state index in [0.717, 1.165) is 31.7 Å². The van der Waals surface area contributed by atoms with Crippen molar-refractivity contribution in [3.8, 4) is 0 Å². The SMILES string of the molecule is CCN(Cc1cccc([N+](=O)[O-])c1)CC1CCCCN1. The predicted molar refractivity (Wildman–Crippen MR) is 79.7 cm³/mol. The molecule has 2 rings (SSSR count).